The van der Waals surface area contributed by atoms with Crippen molar-refractivity contribution in [2.24, 2.45) is 0 Å². The molecule has 0 aliphatic carbocycles. The molecule has 1 amide bonds. The number of nitrogens with one attached hydrogen (secondary N) is 1. The number of hydrogen-bond donors (Lipinski definition) is 3. The van der Waals surface area contributed by atoms with Gasteiger partial charge in [0, 0.05) is 12.6 Å². The second-order valence-electron chi connectivity index (χ2n) is 6.88. The number of benzene rings is 1. The van der Waals surface area contributed by atoms with Crippen LogP contribution >= 0.6 is 0 Å². The van der Waals surface area contributed by atoms with Crippen molar-refractivity contribution in [1.29, 1.82) is 0 Å². The maximum Gasteiger partial charge on any atom is 0.416 e. The van der Waals surface area contributed by atoms with Crippen molar-refractivity contribution in [2.45, 2.75) is 13.3 Å². The highest BCUT2D eigenvalue weighted by Crippen LogP contribution is 2.27. The summed E-state index contributed by atoms with van der Waals surface area (Å²) in [6.07, 6.45) is 1.00. The van der Waals surface area contributed by atoms with Crippen LogP contribution in [0, 0.1) is 5.82 Å². The fourth-order valence-electron chi connectivity index (χ4n) is 3.10. The number of carbonyl (C=O) groups is 1. The summed E-state index contributed by atoms with van der Waals surface area (Å²) in [5.41, 5.74) is 14.1. The Morgan fingerprint density at radius 2 is 1.91 bits per heavy atom. The van der Waals surface area contributed by atoms with Crippen LogP contribution in [-0.2, 0) is 11.2 Å². The largest absolute Gasteiger partial charge is 0.416 e. The fourth-order valence-corrected chi connectivity index (χ4v) is 3.10. The molecule has 10 nitrogen and oxygen atoms in total. The number of nitrogen functional groups attached to an aromatic ring is 2. The van der Waals surface area contributed by atoms with Crippen molar-refractivity contribution in [3.63, 3.8) is 0 Å². The lowest BCUT2D eigenvalue weighted by Gasteiger charge is -2.11. The average molecular weight is 434 g/mol. The third-order valence-electron chi connectivity index (χ3n) is 4.46. The van der Waals surface area contributed by atoms with E-state index in [2.05, 4.69) is 31.9 Å². The Hall–Kier alpha value is -4.54. The molecule has 32 heavy (non-hydrogen) atoms. The Balaban J connectivity index is 1.75. The molecule has 0 aliphatic rings. The quantitative estimate of drug-likeness (QED) is 0.406. The van der Waals surface area contributed by atoms with Gasteiger partial charge in [-0.05, 0) is 30.7 Å². The molecule has 4 aromatic rings. The zero-order chi connectivity index (χ0) is 22.8. The minimum atomic E-state index is -0.826. The number of rotatable bonds is 5. The third kappa shape index (κ3) is 4.03. The van der Waals surface area contributed by atoms with Gasteiger partial charge in [0.15, 0.2) is 11.6 Å². The van der Waals surface area contributed by atoms with Gasteiger partial charge in [-0.1, -0.05) is 24.8 Å². The lowest BCUT2D eigenvalue weighted by molar-refractivity contribution is 0.192. The summed E-state index contributed by atoms with van der Waals surface area (Å²) in [5.74, 6) is -0.261. The van der Waals surface area contributed by atoms with Crippen LogP contribution in [0.15, 0.2) is 54.9 Å². The van der Waals surface area contributed by atoms with Crippen LogP contribution in [0.2, 0.25) is 0 Å². The van der Waals surface area contributed by atoms with Gasteiger partial charge in [-0.2, -0.15) is 19.7 Å². The van der Waals surface area contributed by atoms with Gasteiger partial charge in [0.25, 0.3) is 5.95 Å². The fraction of sp³-hybridized carbons (Fsp3) is 0.0952. The van der Waals surface area contributed by atoms with Crippen LogP contribution in [0.1, 0.15) is 18.2 Å². The number of halogens is 1. The van der Waals surface area contributed by atoms with Crippen molar-refractivity contribution in [2.75, 3.05) is 16.8 Å². The molecule has 5 N–H and O–H groups in total. The number of aromatic nitrogens is 5. The van der Waals surface area contributed by atoms with Gasteiger partial charge >= 0.3 is 6.09 Å². The summed E-state index contributed by atoms with van der Waals surface area (Å²) in [4.78, 5) is 24.7. The first-order chi connectivity index (χ1) is 15.3. The first-order valence-electron chi connectivity index (χ1n) is 9.47. The first-order valence-corrected chi connectivity index (χ1v) is 9.47. The number of amides is 1. The minimum absolute atomic E-state index is 0.00108. The van der Waals surface area contributed by atoms with Crippen LogP contribution in [0.5, 0.6) is 0 Å². The molecule has 0 aliphatic heterocycles. The number of fused-ring (bicyclic) bond motifs is 1. The Labute approximate surface area is 181 Å². The lowest BCUT2D eigenvalue weighted by atomic mass is 10.1. The second-order valence-corrected chi connectivity index (χ2v) is 6.88. The normalized spacial score (nSPS) is 10.8. The predicted octanol–water partition coefficient (Wildman–Crippen LogP) is 3.19. The zero-order valence-corrected chi connectivity index (χ0v) is 17.0. The monoisotopic (exact) mass is 434 g/mol. The Morgan fingerprint density at radius 1 is 1.19 bits per heavy atom. The molecule has 3 aromatic heterocycles. The summed E-state index contributed by atoms with van der Waals surface area (Å²) in [7, 11) is 0. The van der Waals surface area contributed by atoms with Crippen molar-refractivity contribution in [1.82, 2.24) is 24.7 Å². The van der Waals surface area contributed by atoms with E-state index in [9.17, 15) is 9.18 Å². The van der Waals surface area contributed by atoms with Crippen molar-refractivity contribution < 1.29 is 13.9 Å². The molecular weight excluding hydrogens is 415 g/mol. The molecule has 162 valence electrons. The first kappa shape index (κ1) is 20.7. The highest BCUT2D eigenvalue weighted by Gasteiger charge is 2.19. The van der Waals surface area contributed by atoms with Crippen molar-refractivity contribution >= 4 is 34.4 Å². The molecule has 0 saturated carbocycles. The van der Waals surface area contributed by atoms with E-state index in [0.29, 0.717) is 22.3 Å². The molecular formula is C21H19FN8O2. The SMILES string of the molecule is C=C(C)OC(=O)Nc1c(N)nc(-n2nc(Cc3ccccc3F)c3ncccc32)nc1N. The number of pyridine rings is 1. The molecule has 0 bridgehead atoms. The number of allylic oxidation sites excluding steroid dienone is 1. The summed E-state index contributed by atoms with van der Waals surface area (Å²) in [6, 6.07) is 9.93. The molecule has 0 atom stereocenters. The molecule has 0 unspecified atom stereocenters. The highest BCUT2D eigenvalue weighted by atomic mass is 19.1. The molecule has 1 aromatic carbocycles. The van der Waals surface area contributed by atoms with Crippen molar-refractivity contribution in [3.8, 4) is 5.95 Å². The average Bonchev–Trinajstić information content (AvgIpc) is 3.10. The molecule has 0 radical (unpaired) electrons. The molecule has 4 rings (SSSR count). The van der Waals surface area contributed by atoms with E-state index in [1.807, 2.05) is 0 Å². The summed E-state index contributed by atoms with van der Waals surface area (Å²) < 4.78 is 20.4. The standard InChI is InChI=1S/C21H19FN8O2/c1-11(2)32-21(31)26-17-18(23)27-20(28-19(17)24)30-15-8-5-9-25-16(15)14(29-30)10-12-6-3-4-7-13(12)22/h3-9H,1,10H2,2H3,(H,26,31)(H4,23,24,27,28). The summed E-state index contributed by atoms with van der Waals surface area (Å²) in [6.45, 7) is 5.00. The van der Waals surface area contributed by atoms with Crippen LogP contribution in [-0.4, -0.2) is 30.8 Å². The second kappa shape index (κ2) is 8.30. The van der Waals surface area contributed by atoms with E-state index in [0.717, 1.165) is 0 Å². The maximum atomic E-state index is 14.2. The van der Waals surface area contributed by atoms with Gasteiger partial charge in [-0.25, -0.2) is 9.18 Å². The van der Waals surface area contributed by atoms with Gasteiger partial charge in [0.1, 0.15) is 17.0 Å². The van der Waals surface area contributed by atoms with E-state index < -0.39 is 6.09 Å². The van der Waals surface area contributed by atoms with E-state index >= 15 is 0 Å². The van der Waals surface area contributed by atoms with E-state index in [1.165, 1.54) is 17.7 Å². The number of nitrogens with two attached hydrogens (primary N) is 2. The smallest absolute Gasteiger partial charge is 0.416 e. The predicted molar refractivity (Wildman–Crippen MR) is 117 cm³/mol. The third-order valence-corrected chi connectivity index (χ3v) is 4.46. The zero-order valence-electron chi connectivity index (χ0n) is 17.0. The molecule has 0 fully saturated rings. The minimum Gasteiger partial charge on any atom is -0.416 e. The van der Waals surface area contributed by atoms with Gasteiger partial charge in [-0.3, -0.25) is 10.3 Å². The highest BCUT2D eigenvalue weighted by molar-refractivity contribution is 5.92. The van der Waals surface area contributed by atoms with E-state index in [4.69, 9.17) is 16.2 Å². The number of carbonyl (C=O) groups excluding carboxylic acids is 1. The Morgan fingerprint density at radius 3 is 2.59 bits per heavy atom. The molecule has 0 saturated heterocycles. The topological polar surface area (TPSA) is 147 Å². The van der Waals surface area contributed by atoms with Gasteiger partial charge in [0.05, 0.1) is 17.0 Å². The van der Waals surface area contributed by atoms with E-state index in [-0.39, 0.29) is 41.3 Å². The molecule has 11 heteroatoms. The van der Waals surface area contributed by atoms with Crippen LogP contribution in [0.25, 0.3) is 17.0 Å². The maximum absolute atomic E-state index is 14.2. The van der Waals surface area contributed by atoms with Crippen LogP contribution in [0.4, 0.5) is 26.5 Å². The molecule has 3 heterocycles. The van der Waals surface area contributed by atoms with Crippen LogP contribution < -0.4 is 16.8 Å². The number of nitrogens with zero attached hydrogens (tertiary/aromatic N) is 5. The number of hydrogen-bond acceptors (Lipinski definition) is 8. The number of anilines is 3. The van der Waals surface area contributed by atoms with Gasteiger partial charge in [-0.15, -0.1) is 0 Å². The molecule has 0 spiro atoms. The Kier molecular flexibility index (Phi) is 5.37. The van der Waals surface area contributed by atoms with E-state index in [1.54, 1.807) is 36.5 Å². The summed E-state index contributed by atoms with van der Waals surface area (Å²) in [5, 5.41) is 6.93. The lowest BCUT2D eigenvalue weighted by Crippen LogP contribution is -2.18. The van der Waals surface area contributed by atoms with Gasteiger partial charge < -0.3 is 16.2 Å². The van der Waals surface area contributed by atoms with Crippen LogP contribution in [0.3, 0.4) is 0 Å². The summed E-state index contributed by atoms with van der Waals surface area (Å²) >= 11 is 0. The number of ether oxygens (including phenoxy) is 1. The van der Waals surface area contributed by atoms with Crippen molar-refractivity contribution in [3.05, 3.63) is 72.0 Å². The van der Waals surface area contributed by atoms with Gasteiger partial charge in [0.2, 0.25) is 0 Å². The Bertz CT molecular complexity index is 1330.